The van der Waals surface area contributed by atoms with Crippen LogP contribution in [0.2, 0.25) is 5.02 Å². The molecule has 0 aliphatic rings. The lowest BCUT2D eigenvalue weighted by Crippen LogP contribution is -2.42. The Morgan fingerprint density at radius 1 is 1.38 bits per heavy atom. The number of halogens is 1. The van der Waals surface area contributed by atoms with Crippen molar-refractivity contribution >= 4 is 44.6 Å². The van der Waals surface area contributed by atoms with Crippen LogP contribution < -0.4 is 5.73 Å². The molecule has 0 saturated heterocycles. The van der Waals surface area contributed by atoms with Gasteiger partial charge in [0.05, 0.1) is 5.69 Å². The molecule has 0 bridgehead atoms. The number of hydrogen-bond acceptors (Lipinski definition) is 3. The Kier molecular flexibility index (Phi) is 4.22. The zero-order valence-electron chi connectivity index (χ0n) is 13.0. The van der Waals surface area contributed by atoms with Crippen LogP contribution in [0.3, 0.4) is 0 Å². The highest BCUT2D eigenvalue weighted by Crippen LogP contribution is 2.36. The van der Waals surface area contributed by atoms with Gasteiger partial charge in [-0.3, -0.25) is 4.79 Å². The number of anilines is 1. The lowest BCUT2D eigenvalue weighted by Gasteiger charge is -2.35. The third kappa shape index (κ3) is 3.01. The molecule has 2 aromatic rings. The van der Waals surface area contributed by atoms with E-state index in [2.05, 4.69) is 27.7 Å². The maximum Gasteiger partial charge on any atom is 0.266 e. The molecule has 0 saturated carbocycles. The molecule has 0 fully saturated rings. The first kappa shape index (κ1) is 16.1. The molecule has 1 aromatic carbocycles. The van der Waals surface area contributed by atoms with Gasteiger partial charge < -0.3 is 10.6 Å². The summed E-state index contributed by atoms with van der Waals surface area (Å²) >= 11 is 7.43. The molecule has 3 nitrogen and oxygen atoms in total. The van der Waals surface area contributed by atoms with E-state index in [1.54, 1.807) is 4.90 Å². The van der Waals surface area contributed by atoms with Crippen molar-refractivity contribution in [3.63, 3.8) is 0 Å². The number of rotatable bonds is 2. The molecule has 2 rings (SSSR count). The van der Waals surface area contributed by atoms with Gasteiger partial charge in [-0.25, -0.2) is 0 Å². The quantitative estimate of drug-likeness (QED) is 0.874. The summed E-state index contributed by atoms with van der Waals surface area (Å²) in [4.78, 5) is 15.1. The number of hydrogen-bond donors (Lipinski definition) is 1. The third-order valence-electron chi connectivity index (χ3n) is 4.04. The van der Waals surface area contributed by atoms with Crippen LogP contribution in [0.1, 0.15) is 37.4 Å². The van der Waals surface area contributed by atoms with Crippen LogP contribution in [-0.4, -0.2) is 23.9 Å². The number of benzene rings is 1. The fourth-order valence-corrected chi connectivity index (χ4v) is 3.42. The standard InChI is InChI=1S/C16H21ClN2OS/c1-9(16(2,3)4)19(5)15(20)14-13(18)11-8-10(17)6-7-12(11)21-14/h6-9H,18H2,1-5H3. The predicted octanol–water partition coefficient (Wildman–Crippen LogP) is 4.64. The zero-order chi connectivity index (χ0) is 15.9. The zero-order valence-corrected chi connectivity index (χ0v) is 14.6. The Morgan fingerprint density at radius 2 is 2.00 bits per heavy atom. The van der Waals surface area contributed by atoms with Crippen LogP contribution >= 0.6 is 22.9 Å². The minimum absolute atomic E-state index is 0.0131. The average molecular weight is 325 g/mol. The lowest BCUT2D eigenvalue weighted by molar-refractivity contribution is 0.0635. The van der Waals surface area contributed by atoms with Gasteiger partial charge in [0.15, 0.2) is 0 Å². The Balaban J connectivity index is 2.42. The van der Waals surface area contributed by atoms with Crippen molar-refractivity contribution in [2.24, 2.45) is 5.41 Å². The highest BCUT2D eigenvalue weighted by atomic mass is 35.5. The summed E-state index contributed by atoms with van der Waals surface area (Å²) in [5.74, 6) is -0.0350. The van der Waals surface area contributed by atoms with Crippen LogP contribution in [0.25, 0.3) is 10.1 Å². The van der Waals surface area contributed by atoms with Crippen LogP contribution in [0.4, 0.5) is 5.69 Å². The molecule has 0 radical (unpaired) electrons. The van der Waals surface area contributed by atoms with E-state index in [4.69, 9.17) is 17.3 Å². The van der Waals surface area contributed by atoms with E-state index < -0.39 is 0 Å². The van der Waals surface area contributed by atoms with Crippen molar-refractivity contribution < 1.29 is 4.79 Å². The first-order chi connectivity index (χ1) is 9.62. The molecule has 0 aliphatic carbocycles. The molecule has 21 heavy (non-hydrogen) atoms. The lowest BCUT2D eigenvalue weighted by atomic mass is 9.87. The highest BCUT2D eigenvalue weighted by Gasteiger charge is 2.29. The molecule has 1 atom stereocenters. The largest absolute Gasteiger partial charge is 0.397 e. The van der Waals surface area contributed by atoms with Crippen molar-refractivity contribution in [1.29, 1.82) is 0 Å². The molecular formula is C16H21ClN2OS. The van der Waals surface area contributed by atoms with E-state index in [0.717, 1.165) is 10.1 Å². The summed E-state index contributed by atoms with van der Waals surface area (Å²) in [6, 6.07) is 5.64. The first-order valence-corrected chi connectivity index (χ1v) is 8.07. The van der Waals surface area contributed by atoms with Gasteiger partial charge in [-0.15, -0.1) is 11.3 Å². The number of carbonyl (C=O) groups is 1. The summed E-state index contributed by atoms with van der Waals surface area (Å²) in [6.45, 7) is 8.42. The van der Waals surface area contributed by atoms with Gasteiger partial charge in [-0.05, 0) is 30.5 Å². The van der Waals surface area contributed by atoms with E-state index in [0.29, 0.717) is 15.6 Å². The predicted molar refractivity (Wildman–Crippen MR) is 92.3 cm³/mol. The number of amides is 1. The van der Waals surface area contributed by atoms with E-state index >= 15 is 0 Å². The van der Waals surface area contributed by atoms with Crippen molar-refractivity contribution in [1.82, 2.24) is 4.90 Å². The van der Waals surface area contributed by atoms with Crippen LogP contribution in [0.5, 0.6) is 0 Å². The smallest absolute Gasteiger partial charge is 0.266 e. The summed E-state index contributed by atoms with van der Waals surface area (Å²) < 4.78 is 0.983. The number of nitrogens with zero attached hydrogens (tertiary/aromatic N) is 1. The van der Waals surface area contributed by atoms with Crippen LogP contribution in [-0.2, 0) is 0 Å². The normalized spacial score (nSPS) is 13.4. The van der Waals surface area contributed by atoms with Gasteiger partial charge in [0.2, 0.25) is 0 Å². The minimum atomic E-state index is -0.0350. The SMILES string of the molecule is CC(N(C)C(=O)c1sc2ccc(Cl)cc2c1N)C(C)(C)C. The van der Waals surface area contributed by atoms with Gasteiger partial charge in [0.25, 0.3) is 5.91 Å². The summed E-state index contributed by atoms with van der Waals surface area (Å²) in [5.41, 5.74) is 6.70. The van der Waals surface area contributed by atoms with E-state index in [-0.39, 0.29) is 17.4 Å². The van der Waals surface area contributed by atoms with Crippen LogP contribution in [0.15, 0.2) is 18.2 Å². The summed E-state index contributed by atoms with van der Waals surface area (Å²) in [6.07, 6.45) is 0. The molecule has 0 aliphatic heterocycles. The van der Waals surface area contributed by atoms with Gasteiger partial charge in [-0.1, -0.05) is 32.4 Å². The van der Waals surface area contributed by atoms with Crippen LogP contribution in [0, 0.1) is 5.41 Å². The summed E-state index contributed by atoms with van der Waals surface area (Å²) in [7, 11) is 1.83. The van der Waals surface area contributed by atoms with E-state index in [1.807, 2.05) is 25.2 Å². The molecule has 1 unspecified atom stereocenters. The van der Waals surface area contributed by atoms with Crippen molar-refractivity contribution in [2.75, 3.05) is 12.8 Å². The molecule has 0 spiro atoms. The second kappa shape index (κ2) is 5.50. The molecule has 2 N–H and O–H groups in total. The molecule has 5 heteroatoms. The van der Waals surface area contributed by atoms with Gasteiger partial charge in [0, 0.05) is 28.2 Å². The first-order valence-electron chi connectivity index (χ1n) is 6.87. The van der Waals surface area contributed by atoms with Gasteiger partial charge in [0.1, 0.15) is 4.88 Å². The Morgan fingerprint density at radius 3 is 2.57 bits per heavy atom. The second-order valence-corrected chi connectivity index (χ2v) is 7.93. The average Bonchev–Trinajstić information content (AvgIpc) is 2.72. The number of thiophene rings is 1. The maximum atomic E-state index is 12.7. The minimum Gasteiger partial charge on any atom is -0.397 e. The van der Waals surface area contributed by atoms with Gasteiger partial charge >= 0.3 is 0 Å². The topological polar surface area (TPSA) is 46.3 Å². The molecule has 1 amide bonds. The highest BCUT2D eigenvalue weighted by molar-refractivity contribution is 7.21. The Labute approximate surface area is 134 Å². The van der Waals surface area contributed by atoms with Crippen molar-refractivity contribution in [3.8, 4) is 0 Å². The monoisotopic (exact) mass is 324 g/mol. The molecule has 1 heterocycles. The van der Waals surface area contributed by atoms with Crippen molar-refractivity contribution in [2.45, 2.75) is 33.7 Å². The molecular weight excluding hydrogens is 304 g/mol. The number of nitrogens with two attached hydrogens (primary N) is 1. The third-order valence-corrected chi connectivity index (χ3v) is 5.45. The van der Waals surface area contributed by atoms with E-state index in [1.165, 1.54) is 11.3 Å². The Bertz CT molecular complexity index is 687. The van der Waals surface area contributed by atoms with Gasteiger partial charge in [-0.2, -0.15) is 0 Å². The molecule has 1 aromatic heterocycles. The van der Waals surface area contributed by atoms with Crippen molar-refractivity contribution in [3.05, 3.63) is 28.1 Å². The number of nitrogen functional groups attached to an aromatic ring is 1. The fraction of sp³-hybridized carbons (Fsp3) is 0.438. The number of carbonyl (C=O) groups excluding carboxylic acids is 1. The number of fused-ring (bicyclic) bond motifs is 1. The second-order valence-electron chi connectivity index (χ2n) is 6.44. The summed E-state index contributed by atoms with van der Waals surface area (Å²) in [5, 5.41) is 1.48. The molecule has 114 valence electrons. The fourth-order valence-electron chi connectivity index (χ4n) is 2.16. The maximum absolute atomic E-state index is 12.7. The Hall–Kier alpha value is -1.26. The van der Waals surface area contributed by atoms with E-state index in [9.17, 15) is 4.79 Å².